The maximum absolute atomic E-state index is 15.9. The number of nitrogens with one attached hydrogen (secondary N) is 1. The summed E-state index contributed by atoms with van der Waals surface area (Å²) in [7, 11) is -8.79. The molecule has 0 aliphatic rings. The van der Waals surface area contributed by atoms with Crippen LogP contribution in [-0.4, -0.2) is 146 Å². The average molecular weight is 1540 g/mol. The number of carboxylic acid groups (broad SMARTS) is 1. The Bertz CT molecular complexity index is 2420. The third-order valence-corrected chi connectivity index (χ3v) is 43.4. The molecule has 0 fully saturated rings. The highest BCUT2D eigenvalue weighted by Crippen LogP contribution is 2.42. The number of hydrogen-bond acceptors (Lipinski definition) is 8. The second-order valence-electron chi connectivity index (χ2n) is 39.0. The number of aromatic amines is 1. The van der Waals surface area contributed by atoms with E-state index in [9.17, 15) is 9.90 Å². The van der Waals surface area contributed by atoms with E-state index in [1.54, 1.807) is 4.90 Å². The van der Waals surface area contributed by atoms with Gasteiger partial charge in [0, 0.05) is 69.2 Å². The number of carboxylic acids is 1. The number of para-hydroxylation sites is 1. The number of unbranched alkanes of at least 4 members (excludes halogenated alkanes) is 28. The molecular formula is C90H178N4O7Si4. The first kappa shape index (κ1) is 99.4. The van der Waals surface area contributed by atoms with Gasteiger partial charge in [0.2, 0.25) is 5.91 Å². The Hall–Kier alpha value is -1.67. The van der Waals surface area contributed by atoms with Crippen LogP contribution >= 0.6 is 0 Å². The van der Waals surface area contributed by atoms with Crippen LogP contribution in [0.1, 0.15) is 367 Å². The highest BCUT2D eigenvalue weighted by Gasteiger charge is 2.44. The maximum Gasteiger partial charge on any atom is 0.326 e. The van der Waals surface area contributed by atoms with Gasteiger partial charge in [-0.05, 0) is 129 Å². The predicted octanol–water partition coefficient (Wildman–Crippen LogP) is 27.5. The summed E-state index contributed by atoms with van der Waals surface area (Å²) >= 11 is 0. The Balaban J connectivity index is 2.88. The zero-order chi connectivity index (χ0) is 78.8. The third kappa shape index (κ3) is 41.1. The molecule has 15 heteroatoms. The summed E-state index contributed by atoms with van der Waals surface area (Å²) < 4.78 is 30.3. The van der Waals surface area contributed by atoms with E-state index in [4.69, 9.17) is 17.7 Å². The molecular weight excluding hydrogens is 1360 g/mol. The van der Waals surface area contributed by atoms with Crippen LogP contribution in [-0.2, 0) is 33.7 Å². The Morgan fingerprint density at radius 2 is 0.667 bits per heavy atom. The SMILES string of the molecule is CCCCCCCCCCC(CN(CCCC(=O)N(CCCN(CC(CCCCCCCCCC)O[Si](C)(C)C(C)(C)C)CC(CCCCCCCCCC)O[Si](C)(C)C(C)(C)C)[C@@H](Cc1c[nH]c2ccccc12)C(=O)O)CC(CCCCCCCCCC)O[Si](C)(C)C(C)(C)C)O[Si](C)(C)C(C)(C)C. The minimum atomic E-state index is -2.21. The molecule has 105 heavy (non-hydrogen) atoms. The molecule has 0 saturated heterocycles. The fourth-order valence-corrected chi connectivity index (χ4v) is 19.7. The standard InChI is InChI=1S/C90H178N4O7Si4/c1-25-29-33-37-41-45-49-53-61-78(98-102(17,18)87(5,6)7)73-92(74-79(99-103(19,20)88(8,9)10)62-54-50-46-42-38-34-30-26-2)68-59-67-85(95)94(84(86(96)97)71-77-72-91-83-66-58-57-65-82(77)83)70-60-69-93(75-80(100-104(21,22)89(11,12)13)63-55-51-47-43-39-35-31-27-3)76-81(101-105(23,24)90(14,15)16)64-56-52-48-44-40-36-32-28-4/h57-58,65-66,72,78-81,84,91H,25-56,59-64,67-71,73-76H2,1-24H3,(H,96,97)/t78?,79?,80?,81?,84-/m0/s1. The molecule has 0 bridgehead atoms. The molecule has 1 amide bonds. The van der Waals surface area contributed by atoms with Crippen molar-refractivity contribution >= 4 is 56.0 Å². The first-order valence-electron chi connectivity index (χ1n) is 44.5. The van der Waals surface area contributed by atoms with Crippen LogP contribution in [0.5, 0.6) is 0 Å². The second kappa shape index (κ2) is 51.9. The number of amides is 1. The van der Waals surface area contributed by atoms with E-state index in [-0.39, 0.29) is 63.3 Å². The lowest BCUT2D eigenvalue weighted by molar-refractivity contribution is -0.150. The van der Waals surface area contributed by atoms with Gasteiger partial charge in [0.05, 0.1) is 24.4 Å². The number of fused-ring (bicyclic) bond motifs is 1. The van der Waals surface area contributed by atoms with Gasteiger partial charge in [-0.2, -0.15) is 0 Å². The van der Waals surface area contributed by atoms with Gasteiger partial charge in [0.25, 0.3) is 0 Å². The summed E-state index contributed by atoms with van der Waals surface area (Å²) in [6, 6.07) is 7.14. The molecule has 0 saturated carbocycles. The maximum atomic E-state index is 15.9. The molecule has 1 aromatic carbocycles. The van der Waals surface area contributed by atoms with Gasteiger partial charge < -0.3 is 32.7 Å². The summed E-state index contributed by atoms with van der Waals surface area (Å²) in [5.74, 6) is -1.02. The topological polar surface area (TPSA) is 117 Å². The Kier molecular flexibility index (Phi) is 49.1. The zero-order valence-corrected chi connectivity index (χ0v) is 78.2. The third-order valence-electron chi connectivity index (χ3n) is 25.2. The van der Waals surface area contributed by atoms with Crippen molar-refractivity contribution < 1.29 is 32.4 Å². The van der Waals surface area contributed by atoms with Gasteiger partial charge >= 0.3 is 5.97 Å². The normalized spacial score (nSPS) is 14.8. The summed E-state index contributed by atoms with van der Waals surface area (Å²) in [6.45, 7) is 61.9. The molecule has 2 N–H and O–H groups in total. The number of carbonyl (C=O) groups is 2. The molecule has 0 radical (unpaired) electrons. The zero-order valence-electron chi connectivity index (χ0n) is 74.2. The van der Waals surface area contributed by atoms with Crippen LogP contribution in [0.15, 0.2) is 30.5 Å². The molecule has 2 rings (SSSR count). The van der Waals surface area contributed by atoms with Gasteiger partial charge in [0.1, 0.15) is 6.04 Å². The van der Waals surface area contributed by atoms with Crippen LogP contribution in [0.2, 0.25) is 72.5 Å². The molecule has 616 valence electrons. The van der Waals surface area contributed by atoms with Crippen molar-refractivity contribution in [3.05, 3.63) is 36.0 Å². The average Bonchev–Trinajstić information content (AvgIpc) is 1.73. The Morgan fingerprint density at radius 3 is 0.952 bits per heavy atom. The first-order valence-corrected chi connectivity index (χ1v) is 56.1. The van der Waals surface area contributed by atoms with Gasteiger partial charge in [-0.3, -0.25) is 14.6 Å². The van der Waals surface area contributed by atoms with Crippen LogP contribution in [0, 0.1) is 0 Å². The van der Waals surface area contributed by atoms with Gasteiger partial charge in [-0.25, -0.2) is 4.79 Å². The number of rotatable bonds is 64. The van der Waals surface area contributed by atoms with Crippen molar-refractivity contribution in [2.75, 3.05) is 45.8 Å². The van der Waals surface area contributed by atoms with E-state index in [2.05, 4.69) is 190 Å². The van der Waals surface area contributed by atoms with Gasteiger partial charge in [-0.1, -0.05) is 334 Å². The van der Waals surface area contributed by atoms with E-state index < -0.39 is 45.3 Å². The molecule has 4 unspecified atom stereocenters. The molecule has 0 aliphatic heterocycles. The van der Waals surface area contributed by atoms with Crippen LogP contribution in [0.4, 0.5) is 0 Å². The Labute approximate surface area is 656 Å². The smallest absolute Gasteiger partial charge is 0.326 e. The van der Waals surface area contributed by atoms with Gasteiger partial charge in [-0.15, -0.1) is 0 Å². The van der Waals surface area contributed by atoms with E-state index in [0.717, 1.165) is 94.0 Å². The first-order chi connectivity index (χ1) is 49.3. The number of aromatic nitrogens is 1. The number of H-pyrrole nitrogens is 1. The summed E-state index contributed by atoms with van der Waals surface area (Å²) in [4.78, 5) is 40.6. The molecule has 0 aliphatic carbocycles. The fraction of sp³-hybridized carbons (Fsp3) is 0.889. The lowest BCUT2D eigenvalue weighted by atomic mass is 10.0. The molecule has 0 spiro atoms. The Morgan fingerprint density at radius 1 is 0.390 bits per heavy atom. The molecule has 2 aromatic rings. The van der Waals surface area contributed by atoms with Crippen molar-refractivity contribution in [1.29, 1.82) is 0 Å². The lowest BCUT2D eigenvalue weighted by Gasteiger charge is -2.43. The molecule has 5 atom stereocenters. The van der Waals surface area contributed by atoms with E-state index in [0.29, 0.717) is 32.5 Å². The number of nitrogens with zero attached hydrogens (tertiary/aromatic N) is 3. The van der Waals surface area contributed by atoms with Gasteiger partial charge in [0.15, 0.2) is 33.3 Å². The fourth-order valence-electron chi connectivity index (χ4n) is 14.2. The minimum absolute atomic E-state index is 0.0503. The number of hydrogen-bond donors (Lipinski definition) is 2. The molecule has 11 nitrogen and oxygen atoms in total. The monoisotopic (exact) mass is 1540 g/mol. The lowest BCUT2D eigenvalue weighted by Crippen LogP contribution is -2.51. The highest BCUT2D eigenvalue weighted by molar-refractivity contribution is 6.75. The van der Waals surface area contributed by atoms with E-state index in [1.807, 2.05) is 18.3 Å². The molecule has 1 heterocycles. The predicted molar refractivity (Wildman–Crippen MR) is 469 cm³/mol. The van der Waals surface area contributed by atoms with Crippen molar-refractivity contribution in [2.45, 2.75) is 471 Å². The minimum Gasteiger partial charge on any atom is -0.480 e. The highest BCUT2D eigenvalue weighted by atomic mass is 28.4. The van der Waals surface area contributed by atoms with E-state index in [1.165, 1.54) is 180 Å². The van der Waals surface area contributed by atoms with E-state index >= 15 is 4.79 Å². The summed E-state index contributed by atoms with van der Waals surface area (Å²) in [6.07, 6.45) is 48.8. The summed E-state index contributed by atoms with van der Waals surface area (Å²) in [5.41, 5.74) is 1.90. The van der Waals surface area contributed by atoms with Crippen molar-refractivity contribution in [2.24, 2.45) is 0 Å². The number of benzene rings is 1. The van der Waals surface area contributed by atoms with Crippen LogP contribution < -0.4 is 0 Å². The van der Waals surface area contributed by atoms with Crippen molar-refractivity contribution in [1.82, 2.24) is 19.7 Å². The quantitative estimate of drug-likeness (QED) is 0.0493. The number of carbonyl (C=O) groups excluding carboxylic acids is 1. The second-order valence-corrected chi connectivity index (χ2v) is 58.1. The van der Waals surface area contributed by atoms with Crippen LogP contribution in [0.25, 0.3) is 10.9 Å². The van der Waals surface area contributed by atoms with Crippen LogP contribution in [0.3, 0.4) is 0 Å². The van der Waals surface area contributed by atoms with Crippen molar-refractivity contribution in [3.8, 4) is 0 Å². The van der Waals surface area contributed by atoms with Crippen molar-refractivity contribution in [3.63, 3.8) is 0 Å². The summed E-state index contributed by atoms with van der Waals surface area (Å²) in [5, 5.41) is 12.9. The largest absolute Gasteiger partial charge is 0.480 e. The number of aliphatic carboxylic acids is 1. The molecule has 1 aromatic heterocycles.